The Morgan fingerprint density at radius 3 is 1.73 bits per heavy atom. The number of anilines is 3. The van der Waals surface area contributed by atoms with Crippen molar-refractivity contribution >= 4 is 59.3 Å². The van der Waals surface area contributed by atoms with Crippen LogP contribution in [0.25, 0.3) is 64.3 Å². The van der Waals surface area contributed by atoms with Gasteiger partial charge in [-0.1, -0.05) is 213 Å². The second-order valence-electron chi connectivity index (χ2n) is 18.5. The zero-order valence-corrected chi connectivity index (χ0v) is 38.2. The summed E-state index contributed by atoms with van der Waals surface area (Å²) in [7, 11) is 0. The molecule has 0 aliphatic heterocycles. The van der Waals surface area contributed by atoms with Crippen molar-refractivity contribution in [3.8, 4) is 33.4 Å². The van der Waals surface area contributed by atoms with Crippen molar-refractivity contribution in [3.05, 3.63) is 258 Å². The molecule has 0 saturated heterocycles. The van der Waals surface area contributed by atoms with E-state index in [2.05, 4.69) is 235 Å². The third-order valence-electron chi connectivity index (χ3n) is 15.0. The molecule has 67 heavy (non-hydrogen) atoms. The van der Waals surface area contributed by atoms with Gasteiger partial charge in [-0.05, 0) is 116 Å². The van der Waals surface area contributed by atoms with Gasteiger partial charge in [0.1, 0.15) is 0 Å². The molecule has 320 valence electrons. The van der Waals surface area contributed by atoms with E-state index < -0.39 is 5.41 Å². The molecular formula is C65H49NS. The number of fused-ring (bicyclic) bond motifs is 7. The first kappa shape index (κ1) is 39.8. The summed E-state index contributed by atoms with van der Waals surface area (Å²) in [6.45, 7) is 0. The fraction of sp³-hybridized carbons (Fsp3) is 0.108. The minimum atomic E-state index is -0.503. The van der Waals surface area contributed by atoms with Gasteiger partial charge >= 0.3 is 0 Å². The normalized spacial score (nSPS) is 14.3. The lowest BCUT2D eigenvalue weighted by Gasteiger charge is -2.34. The molecule has 1 aromatic heterocycles. The standard InChI is InChI=1S/C65H49NS/c1-4-21-44(22-5-1)50-33-18-23-45-24-19-34-54(63(45)50)53-31-12-16-37-59(53)66(60-38-20-40-62-64(60)55-32-13-17-39-61(55)67-62)58-36-15-11-29-49(58)46-41-42-52-51-30-10-14-35-56(51)65(57(52)43-46,47-25-6-2-7-26-47)48-27-8-3-9-28-48/h2-3,6-20,23-44H,1,4-5,21-22H2. The van der Waals surface area contributed by atoms with Crippen molar-refractivity contribution in [1.82, 2.24) is 0 Å². The lowest BCUT2D eigenvalue weighted by Crippen LogP contribution is -2.28. The predicted octanol–water partition coefficient (Wildman–Crippen LogP) is 18.4. The first-order valence-corrected chi connectivity index (χ1v) is 24.9. The average molecular weight is 876 g/mol. The summed E-state index contributed by atoms with van der Waals surface area (Å²) in [5.74, 6) is 0.568. The fourth-order valence-corrected chi connectivity index (χ4v) is 13.2. The summed E-state index contributed by atoms with van der Waals surface area (Å²) in [6, 6.07) is 86.8. The van der Waals surface area contributed by atoms with Crippen LogP contribution in [0.15, 0.2) is 231 Å². The van der Waals surface area contributed by atoms with E-state index in [-0.39, 0.29) is 0 Å². The fourth-order valence-electron chi connectivity index (χ4n) is 12.1. The summed E-state index contributed by atoms with van der Waals surface area (Å²) in [4.78, 5) is 2.60. The lowest BCUT2D eigenvalue weighted by molar-refractivity contribution is 0.445. The highest BCUT2D eigenvalue weighted by atomic mass is 32.1. The first-order chi connectivity index (χ1) is 33.3. The average Bonchev–Trinajstić information content (AvgIpc) is 3.94. The molecule has 2 aliphatic carbocycles. The minimum absolute atomic E-state index is 0.503. The van der Waals surface area contributed by atoms with Crippen molar-refractivity contribution < 1.29 is 0 Å². The van der Waals surface area contributed by atoms with Crippen LogP contribution in [0.1, 0.15) is 65.8 Å². The molecule has 13 rings (SSSR count). The Balaban J connectivity index is 1.08. The second kappa shape index (κ2) is 16.4. The minimum Gasteiger partial charge on any atom is -0.309 e. The highest BCUT2D eigenvalue weighted by Crippen LogP contribution is 2.58. The maximum atomic E-state index is 2.60. The van der Waals surface area contributed by atoms with Gasteiger partial charge in [0, 0.05) is 31.3 Å². The molecule has 1 heterocycles. The van der Waals surface area contributed by atoms with Crippen molar-refractivity contribution in [1.29, 1.82) is 0 Å². The van der Waals surface area contributed by atoms with Crippen LogP contribution < -0.4 is 4.90 Å². The summed E-state index contributed by atoms with van der Waals surface area (Å²) in [6.07, 6.45) is 6.45. The van der Waals surface area contributed by atoms with Crippen LogP contribution in [-0.4, -0.2) is 0 Å². The van der Waals surface area contributed by atoms with Crippen molar-refractivity contribution in [2.45, 2.75) is 43.4 Å². The monoisotopic (exact) mass is 875 g/mol. The van der Waals surface area contributed by atoms with Gasteiger partial charge in [-0.2, -0.15) is 0 Å². The summed E-state index contributed by atoms with van der Waals surface area (Å²) >= 11 is 1.88. The Kier molecular flexibility index (Phi) is 9.76. The van der Waals surface area contributed by atoms with E-state index in [0.717, 1.165) is 5.69 Å². The zero-order chi connectivity index (χ0) is 44.3. The van der Waals surface area contributed by atoms with Crippen LogP contribution in [0.2, 0.25) is 0 Å². The topological polar surface area (TPSA) is 3.24 Å². The molecule has 1 nitrogen and oxygen atoms in total. The molecule has 0 spiro atoms. The van der Waals surface area contributed by atoms with Gasteiger partial charge in [0.2, 0.25) is 0 Å². The van der Waals surface area contributed by atoms with Gasteiger partial charge < -0.3 is 4.90 Å². The number of hydrogen-bond acceptors (Lipinski definition) is 2. The molecule has 0 unspecified atom stereocenters. The van der Waals surface area contributed by atoms with Crippen molar-refractivity contribution in [2.75, 3.05) is 4.90 Å². The van der Waals surface area contributed by atoms with E-state index in [1.54, 1.807) is 0 Å². The summed E-state index contributed by atoms with van der Waals surface area (Å²) < 4.78 is 2.59. The van der Waals surface area contributed by atoms with E-state index in [1.807, 2.05) is 11.3 Å². The van der Waals surface area contributed by atoms with Crippen molar-refractivity contribution in [2.24, 2.45) is 0 Å². The molecule has 10 aromatic carbocycles. The zero-order valence-electron chi connectivity index (χ0n) is 37.4. The maximum Gasteiger partial charge on any atom is 0.0713 e. The molecule has 0 radical (unpaired) electrons. The quantitative estimate of drug-likeness (QED) is 0.147. The summed E-state index contributed by atoms with van der Waals surface area (Å²) in [5.41, 5.74) is 17.1. The maximum absolute atomic E-state index is 2.60. The van der Waals surface area contributed by atoms with Crippen LogP contribution in [0.5, 0.6) is 0 Å². The van der Waals surface area contributed by atoms with Gasteiger partial charge in [-0.3, -0.25) is 0 Å². The number of thiophene rings is 1. The number of hydrogen-bond donors (Lipinski definition) is 0. The molecule has 11 aromatic rings. The van der Waals surface area contributed by atoms with Crippen LogP contribution >= 0.6 is 11.3 Å². The van der Waals surface area contributed by atoms with Crippen LogP contribution in [-0.2, 0) is 5.41 Å². The number of benzene rings is 10. The van der Waals surface area contributed by atoms with Gasteiger partial charge in [0.15, 0.2) is 0 Å². The van der Waals surface area contributed by atoms with Crippen molar-refractivity contribution in [3.63, 3.8) is 0 Å². The number of rotatable bonds is 8. The number of nitrogens with zero attached hydrogens (tertiary/aromatic N) is 1. The van der Waals surface area contributed by atoms with Gasteiger partial charge in [0.25, 0.3) is 0 Å². The van der Waals surface area contributed by atoms with Crippen LogP contribution in [0, 0.1) is 0 Å². The van der Waals surface area contributed by atoms with E-state index in [4.69, 9.17) is 0 Å². The van der Waals surface area contributed by atoms with Crippen LogP contribution in [0.4, 0.5) is 17.1 Å². The molecule has 0 amide bonds. The number of para-hydroxylation sites is 2. The SMILES string of the molecule is c1ccc(C2(c3ccccc3)c3ccccc3-c3ccc(-c4ccccc4N(c4ccccc4-c4cccc5cccc(C6CCCCC6)c45)c4cccc5sc6ccccc6c45)cc32)cc1. The molecule has 0 N–H and O–H groups in total. The molecule has 2 aliphatic rings. The molecule has 1 fully saturated rings. The van der Waals surface area contributed by atoms with Gasteiger partial charge in [0.05, 0.1) is 22.5 Å². The Hall–Kier alpha value is -7.52. The predicted molar refractivity (Wildman–Crippen MR) is 286 cm³/mol. The first-order valence-electron chi connectivity index (χ1n) is 24.0. The van der Waals surface area contributed by atoms with E-state index in [9.17, 15) is 0 Å². The van der Waals surface area contributed by atoms with Crippen LogP contribution in [0.3, 0.4) is 0 Å². The Morgan fingerprint density at radius 1 is 0.388 bits per heavy atom. The molecular weight excluding hydrogens is 827 g/mol. The third kappa shape index (κ3) is 6.34. The smallest absolute Gasteiger partial charge is 0.0713 e. The van der Waals surface area contributed by atoms with Gasteiger partial charge in [-0.25, -0.2) is 0 Å². The van der Waals surface area contributed by atoms with E-state index in [1.165, 1.54) is 136 Å². The Bertz CT molecular complexity index is 3590. The highest BCUT2D eigenvalue weighted by molar-refractivity contribution is 7.26. The molecule has 1 saturated carbocycles. The Morgan fingerprint density at radius 2 is 0.955 bits per heavy atom. The second-order valence-corrected chi connectivity index (χ2v) is 19.6. The van der Waals surface area contributed by atoms with Gasteiger partial charge in [-0.15, -0.1) is 11.3 Å². The Labute approximate surface area is 397 Å². The molecule has 2 heteroatoms. The third-order valence-corrected chi connectivity index (χ3v) is 16.1. The molecule has 0 atom stereocenters. The largest absolute Gasteiger partial charge is 0.309 e. The van der Waals surface area contributed by atoms with E-state index in [0.29, 0.717) is 5.92 Å². The summed E-state index contributed by atoms with van der Waals surface area (Å²) in [5, 5.41) is 5.28. The van der Waals surface area contributed by atoms with E-state index >= 15 is 0 Å². The lowest BCUT2D eigenvalue weighted by atomic mass is 9.67. The molecule has 0 bridgehead atoms. The highest BCUT2D eigenvalue weighted by Gasteiger charge is 2.46.